The number of nitrogens with one attached hydrogen (secondary N) is 2. The van der Waals surface area contributed by atoms with Gasteiger partial charge in [-0.25, -0.2) is 0 Å². The predicted octanol–water partition coefficient (Wildman–Crippen LogP) is 0.223. The van der Waals surface area contributed by atoms with E-state index < -0.39 is 11.4 Å². The predicted molar refractivity (Wildman–Crippen MR) is 72.8 cm³/mol. The third-order valence-electron chi connectivity index (χ3n) is 3.05. The van der Waals surface area contributed by atoms with E-state index in [0.29, 0.717) is 16.9 Å². The summed E-state index contributed by atoms with van der Waals surface area (Å²) in [6.07, 6.45) is 0. The third-order valence-corrected chi connectivity index (χ3v) is 3.05. The average molecular weight is 263 g/mol. The Bertz CT molecular complexity index is 602. The Morgan fingerprint density at radius 2 is 2.11 bits per heavy atom. The fourth-order valence-corrected chi connectivity index (χ4v) is 1.77. The van der Waals surface area contributed by atoms with Crippen LogP contribution in [0.1, 0.15) is 17.4 Å². The van der Waals surface area contributed by atoms with E-state index in [2.05, 4.69) is 10.3 Å². The van der Waals surface area contributed by atoms with E-state index in [-0.39, 0.29) is 13.2 Å². The minimum absolute atomic E-state index is 0.334. The molecular weight excluding hydrogens is 246 g/mol. The Balaban J connectivity index is 2.30. The van der Waals surface area contributed by atoms with E-state index in [1.807, 2.05) is 6.07 Å². The normalized spacial score (nSPS) is 11.7. The van der Waals surface area contributed by atoms with Crippen LogP contribution in [-0.2, 0) is 0 Å². The molecule has 2 rings (SSSR count). The first-order valence-corrected chi connectivity index (χ1v) is 5.90. The standard InChI is InChI=1S/C13H17N3O3/c1-13(6-17,7-18)16-12(19)10-5-8-3-2-4-9(14)11(8)15-10/h2-5,15,17-18H,6-7,14H2,1H3,(H,16,19). The number of aliphatic hydroxyl groups excluding tert-OH is 2. The summed E-state index contributed by atoms with van der Waals surface area (Å²) in [6.45, 7) is 0.858. The van der Waals surface area contributed by atoms with Gasteiger partial charge in [-0.1, -0.05) is 12.1 Å². The van der Waals surface area contributed by atoms with Crippen LogP contribution in [0.3, 0.4) is 0 Å². The van der Waals surface area contributed by atoms with Crippen molar-refractivity contribution < 1.29 is 15.0 Å². The molecule has 6 N–H and O–H groups in total. The first kappa shape index (κ1) is 13.4. The summed E-state index contributed by atoms with van der Waals surface area (Å²) >= 11 is 0. The van der Waals surface area contributed by atoms with Gasteiger partial charge in [0, 0.05) is 5.39 Å². The molecule has 2 aromatic rings. The second-order valence-electron chi connectivity index (χ2n) is 4.83. The molecule has 0 aliphatic rings. The lowest BCUT2D eigenvalue weighted by Gasteiger charge is -2.25. The van der Waals surface area contributed by atoms with Crippen LogP contribution < -0.4 is 11.1 Å². The minimum atomic E-state index is -1.06. The highest BCUT2D eigenvalue weighted by Gasteiger charge is 2.25. The highest BCUT2D eigenvalue weighted by molar-refractivity contribution is 6.01. The lowest BCUT2D eigenvalue weighted by atomic mass is 10.1. The number of aliphatic hydroxyl groups is 2. The molecule has 0 fully saturated rings. The summed E-state index contributed by atoms with van der Waals surface area (Å²) in [4.78, 5) is 15.0. The molecule has 0 saturated heterocycles. The van der Waals surface area contributed by atoms with E-state index in [9.17, 15) is 4.79 Å². The Kier molecular flexibility index (Phi) is 3.46. The second-order valence-corrected chi connectivity index (χ2v) is 4.83. The Hall–Kier alpha value is -2.05. The maximum absolute atomic E-state index is 12.1. The highest BCUT2D eigenvalue weighted by atomic mass is 16.3. The van der Waals surface area contributed by atoms with Crippen molar-refractivity contribution in [1.82, 2.24) is 10.3 Å². The number of carbonyl (C=O) groups excluding carboxylic acids is 1. The van der Waals surface area contributed by atoms with Crippen molar-refractivity contribution in [2.75, 3.05) is 18.9 Å². The summed E-state index contributed by atoms with van der Waals surface area (Å²) in [7, 11) is 0. The van der Waals surface area contributed by atoms with Gasteiger partial charge in [-0.05, 0) is 19.1 Å². The molecule has 1 amide bonds. The Labute approximate surface area is 110 Å². The molecule has 0 unspecified atom stereocenters. The molecule has 0 bridgehead atoms. The number of benzene rings is 1. The molecule has 0 aliphatic heterocycles. The zero-order chi connectivity index (χ0) is 14.0. The van der Waals surface area contributed by atoms with Crippen molar-refractivity contribution in [3.8, 4) is 0 Å². The van der Waals surface area contributed by atoms with Gasteiger partial charge in [-0.3, -0.25) is 4.79 Å². The van der Waals surface area contributed by atoms with Gasteiger partial charge in [0.1, 0.15) is 5.69 Å². The number of rotatable bonds is 4. The number of nitrogens with two attached hydrogens (primary N) is 1. The highest BCUT2D eigenvalue weighted by Crippen LogP contribution is 2.21. The number of para-hydroxylation sites is 1. The molecule has 1 aromatic carbocycles. The van der Waals surface area contributed by atoms with Crippen molar-refractivity contribution >= 4 is 22.5 Å². The lowest BCUT2D eigenvalue weighted by Crippen LogP contribution is -2.51. The third kappa shape index (κ3) is 2.54. The van der Waals surface area contributed by atoms with Gasteiger partial charge in [0.2, 0.25) is 0 Å². The minimum Gasteiger partial charge on any atom is -0.397 e. The Morgan fingerprint density at radius 1 is 1.42 bits per heavy atom. The number of nitrogen functional groups attached to an aromatic ring is 1. The van der Waals surface area contributed by atoms with E-state index in [0.717, 1.165) is 5.39 Å². The smallest absolute Gasteiger partial charge is 0.268 e. The van der Waals surface area contributed by atoms with Crippen LogP contribution in [0.2, 0.25) is 0 Å². The summed E-state index contributed by atoms with van der Waals surface area (Å²) in [6, 6.07) is 7.07. The molecule has 6 heteroatoms. The van der Waals surface area contributed by atoms with Crippen molar-refractivity contribution in [3.63, 3.8) is 0 Å². The fraction of sp³-hybridized carbons (Fsp3) is 0.308. The first-order chi connectivity index (χ1) is 8.99. The summed E-state index contributed by atoms with van der Waals surface area (Å²) < 4.78 is 0. The molecule has 0 spiro atoms. The quantitative estimate of drug-likeness (QED) is 0.508. The van der Waals surface area contributed by atoms with Crippen molar-refractivity contribution in [2.45, 2.75) is 12.5 Å². The first-order valence-electron chi connectivity index (χ1n) is 5.90. The number of hydrogen-bond donors (Lipinski definition) is 5. The van der Waals surface area contributed by atoms with Gasteiger partial charge in [0.05, 0.1) is 30.0 Å². The zero-order valence-corrected chi connectivity index (χ0v) is 10.6. The van der Waals surface area contributed by atoms with E-state index in [4.69, 9.17) is 15.9 Å². The van der Waals surface area contributed by atoms with Crippen LogP contribution in [0.4, 0.5) is 5.69 Å². The van der Waals surface area contributed by atoms with Crippen LogP contribution in [0.25, 0.3) is 10.9 Å². The number of fused-ring (bicyclic) bond motifs is 1. The largest absolute Gasteiger partial charge is 0.397 e. The number of amides is 1. The molecule has 0 radical (unpaired) electrons. The fourth-order valence-electron chi connectivity index (χ4n) is 1.77. The molecule has 1 heterocycles. The zero-order valence-electron chi connectivity index (χ0n) is 10.6. The number of carbonyl (C=O) groups is 1. The van der Waals surface area contributed by atoms with Crippen LogP contribution >= 0.6 is 0 Å². The average Bonchev–Trinajstić information content (AvgIpc) is 2.84. The van der Waals surface area contributed by atoms with Gasteiger partial charge in [0.25, 0.3) is 5.91 Å². The van der Waals surface area contributed by atoms with Crippen LogP contribution in [0.15, 0.2) is 24.3 Å². The lowest BCUT2D eigenvalue weighted by molar-refractivity contribution is 0.0720. The molecule has 1 aromatic heterocycles. The number of hydrogen-bond acceptors (Lipinski definition) is 4. The second kappa shape index (κ2) is 4.91. The molecule has 102 valence electrons. The maximum Gasteiger partial charge on any atom is 0.268 e. The summed E-state index contributed by atoms with van der Waals surface area (Å²) in [5.74, 6) is -0.402. The van der Waals surface area contributed by atoms with E-state index >= 15 is 0 Å². The Morgan fingerprint density at radius 3 is 2.68 bits per heavy atom. The van der Waals surface area contributed by atoms with Crippen molar-refractivity contribution in [2.24, 2.45) is 0 Å². The van der Waals surface area contributed by atoms with Gasteiger partial charge in [-0.2, -0.15) is 0 Å². The number of H-pyrrole nitrogens is 1. The van der Waals surface area contributed by atoms with Gasteiger partial charge in [-0.15, -0.1) is 0 Å². The molecule has 0 saturated carbocycles. The monoisotopic (exact) mass is 263 g/mol. The van der Waals surface area contributed by atoms with Gasteiger partial charge < -0.3 is 26.2 Å². The van der Waals surface area contributed by atoms with Crippen LogP contribution in [0.5, 0.6) is 0 Å². The number of aromatic nitrogens is 1. The van der Waals surface area contributed by atoms with Crippen molar-refractivity contribution in [1.29, 1.82) is 0 Å². The molecule has 0 aliphatic carbocycles. The number of aromatic amines is 1. The number of anilines is 1. The molecule has 6 nitrogen and oxygen atoms in total. The van der Waals surface area contributed by atoms with Gasteiger partial charge in [0.15, 0.2) is 0 Å². The maximum atomic E-state index is 12.1. The summed E-state index contributed by atoms with van der Waals surface area (Å²) in [5.41, 5.74) is 6.34. The van der Waals surface area contributed by atoms with E-state index in [1.165, 1.54) is 0 Å². The van der Waals surface area contributed by atoms with E-state index in [1.54, 1.807) is 25.1 Å². The molecule has 19 heavy (non-hydrogen) atoms. The summed E-state index contributed by atoms with van der Waals surface area (Å²) in [5, 5.41) is 21.7. The molecular formula is C13H17N3O3. The van der Waals surface area contributed by atoms with Crippen LogP contribution in [0, 0.1) is 0 Å². The SMILES string of the molecule is CC(CO)(CO)NC(=O)c1cc2cccc(N)c2[nH]1. The van der Waals surface area contributed by atoms with Crippen LogP contribution in [-0.4, -0.2) is 39.9 Å². The van der Waals surface area contributed by atoms with Gasteiger partial charge >= 0.3 is 0 Å². The van der Waals surface area contributed by atoms with Crippen molar-refractivity contribution in [3.05, 3.63) is 30.0 Å². The molecule has 0 atom stereocenters. The topological polar surface area (TPSA) is 111 Å².